The van der Waals surface area contributed by atoms with Gasteiger partial charge in [-0.15, -0.1) is 25.0 Å². The first-order chi connectivity index (χ1) is 18.5. The van der Waals surface area contributed by atoms with Crippen LogP contribution in [0.3, 0.4) is 0 Å². The van der Waals surface area contributed by atoms with Gasteiger partial charge < -0.3 is 5.21 Å². The molecule has 6 N–H and O–H groups in total. The molecule has 0 unspecified atom stereocenters. The van der Waals surface area contributed by atoms with Crippen molar-refractivity contribution < 1.29 is 28.9 Å². The Hall–Kier alpha value is -5.44. The third-order valence-corrected chi connectivity index (χ3v) is 6.34. The molecule has 0 aliphatic carbocycles. The first-order valence-corrected chi connectivity index (χ1v) is 12.5. The predicted molar refractivity (Wildman–Crippen MR) is 140 cm³/mol. The Labute approximate surface area is 222 Å². The number of rotatable bonds is 6. The van der Waals surface area contributed by atoms with Gasteiger partial charge in [0, 0.05) is 18.1 Å². The predicted octanol–water partition coefficient (Wildman–Crippen LogP) is 2.03. The van der Waals surface area contributed by atoms with Crippen LogP contribution in [0.5, 0.6) is 0 Å². The molecule has 14 nitrogen and oxygen atoms in total. The Bertz CT molecular complexity index is 1620. The average Bonchev–Trinajstić information content (AvgIpc) is 3.27. The Balaban J connectivity index is 0.000000983. The molecule has 0 atom stereocenters. The van der Waals surface area contributed by atoms with E-state index >= 15 is 0 Å². The summed E-state index contributed by atoms with van der Waals surface area (Å²) in [5, 5.41) is 33.0. The van der Waals surface area contributed by atoms with Gasteiger partial charge in [-0.3, -0.25) is 15.9 Å². The van der Waals surface area contributed by atoms with Crippen molar-refractivity contribution in [1.29, 1.82) is 0 Å². The van der Waals surface area contributed by atoms with E-state index in [1.165, 1.54) is 28.9 Å². The number of nitrogens with two attached hydrogens (primary N) is 2. The van der Waals surface area contributed by atoms with Crippen LogP contribution in [-0.2, 0) is 14.8 Å². The van der Waals surface area contributed by atoms with E-state index in [-0.39, 0.29) is 10.9 Å². The fourth-order valence-electron chi connectivity index (χ4n) is 3.38. The van der Waals surface area contributed by atoms with Gasteiger partial charge in [-0.1, -0.05) is 60.7 Å². The molecule has 0 saturated carbocycles. The number of carbonyl (C=O) groups excluding carboxylic acids is 1. The van der Waals surface area contributed by atoms with E-state index in [9.17, 15) is 13.2 Å². The third-order valence-electron chi connectivity index (χ3n) is 4.89. The Morgan fingerprint density at radius 3 is 2.00 bits per heavy atom. The molecule has 1 aromatic heterocycles. The average molecular weight is 552 g/mol. The topological polar surface area (TPSA) is 221 Å². The van der Waals surface area contributed by atoms with Gasteiger partial charge in [-0.2, -0.15) is 5.11 Å². The van der Waals surface area contributed by atoms with Gasteiger partial charge in [0.05, 0.1) is 10.6 Å². The van der Waals surface area contributed by atoms with Crippen molar-refractivity contribution in [3.8, 4) is 22.5 Å². The van der Waals surface area contributed by atoms with Crippen LogP contribution in [0.4, 0.5) is 11.4 Å². The summed E-state index contributed by atoms with van der Waals surface area (Å²) in [6.45, 7) is 1.13. The van der Waals surface area contributed by atoms with E-state index in [4.69, 9.17) is 26.5 Å². The molecule has 0 radical (unpaired) electrons. The Kier molecular flexibility index (Phi) is 8.80. The number of carbonyl (C=O) groups is 1. The first kappa shape index (κ1) is 28.1. The number of aromatic nitrogens is 2. The van der Waals surface area contributed by atoms with Crippen LogP contribution in [-0.4, -0.2) is 40.4 Å². The second-order valence-electron chi connectivity index (χ2n) is 7.71. The van der Waals surface area contributed by atoms with Crippen molar-refractivity contribution in [2.24, 2.45) is 16.0 Å². The fraction of sp³-hybridized carbons (Fsp3) is 0.0417. The van der Waals surface area contributed by atoms with E-state index in [1.54, 1.807) is 0 Å². The molecule has 4 rings (SSSR count). The monoisotopic (exact) mass is 551 g/mol. The van der Waals surface area contributed by atoms with Crippen molar-refractivity contribution >= 4 is 33.3 Å². The molecule has 3 aromatic carbocycles. The normalized spacial score (nSPS) is 10.9. The summed E-state index contributed by atoms with van der Waals surface area (Å²) in [6, 6.07) is 24.4. The zero-order valence-electron chi connectivity index (χ0n) is 20.4. The summed E-state index contributed by atoms with van der Waals surface area (Å²) in [5.74, 6) is -0.710. The number of nitrogens with one attached hydrogen (secondary N) is 1. The van der Waals surface area contributed by atoms with Crippen LogP contribution in [0.1, 0.15) is 6.92 Å². The molecule has 0 aliphatic rings. The smallest absolute Gasteiger partial charge is 0.328 e. The summed E-state index contributed by atoms with van der Waals surface area (Å²) in [5.41, 5.74) is 9.41. The van der Waals surface area contributed by atoms with Gasteiger partial charge in [0.25, 0.3) is 15.1 Å². The summed E-state index contributed by atoms with van der Waals surface area (Å²) >= 11 is 0. The van der Waals surface area contributed by atoms with Crippen molar-refractivity contribution in [2.75, 3.05) is 0 Å². The largest absolute Gasteiger partial charge is 0.370 e. The minimum Gasteiger partial charge on any atom is -0.328 e. The number of hydrogen-bond donors (Lipinski definition) is 4. The quantitative estimate of drug-likeness (QED) is 0.0910. The molecule has 0 aliphatic heterocycles. The van der Waals surface area contributed by atoms with Gasteiger partial charge >= 0.3 is 5.96 Å². The third kappa shape index (κ3) is 7.30. The molecule has 0 bridgehead atoms. The second kappa shape index (κ2) is 12.2. The van der Waals surface area contributed by atoms with Crippen molar-refractivity contribution in [1.82, 2.24) is 14.5 Å². The van der Waals surface area contributed by atoms with Gasteiger partial charge in [-0.25, -0.2) is 13.1 Å². The van der Waals surface area contributed by atoms with Crippen LogP contribution >= 0.6 is 0 Å². The lowest BCUT2D eigenvalue weighted by Gasteiger charge is -2.04. The zero-order chi connectivity index (χ0) is 28.6. The highest BCUT2D eigenvalue weighted by molar-refractivity contribution is 7.90. The van der Waals surface area contributed by atoms with E-state index < -0.39 is 21.0 Å². The van der Waals surface area contributed by atoms with Gasteiger partial charge in [0.2, 0.25) is 5.91 Å². The molecule has 0 fully saturated rings. The number of azo groups is 1. The molecule has 39 heavy (non-hydrogen) atoms. The van der Waals surface area contributed by atoms with E-state index in [2.05, 4.69) is 15.3 Å². The van der Waals surface area contributed by atoms with Gasteiger partial charge in [0.15, 0.2) is 11.4 Å². The Morgan fingerprint density at radius 2 is 1.51 bits per heavy atom. The van der Waals surface area contributed by atoms with Crippen LogP contribution < -0.4 is 15.9 Å². The highest BCUT2D eigenvalue weighted by Crippen LogP contribution is 2.39. The van der Waals surface area contributed by atoms with E-state index in [0.29, 0.717) is 22.8 Å². The molecule has 200 valence electrons. The van der Waals surface area contributed by atoms with Crippen molar-refractivity contribution in [3.05, 3.63) is 95.0 Å². The lowest BCUT2D eigenvalue weighted by Crippen LogP contribution is -2.50. The van der Waals surface area contributed by atoms with Crippen molar-refractivity contribution in [2.45, 2.75) is 11.8 Å². The lowest BCUT2D eigenvalue weighted by molar-refractivity contribution is -0.742. The first-order valence-electron chi connectivity index (χ1n) is 11.0. The number of sulfonamides is 1. The van der Waals surface area contributed by atoms with Crippen LogP contribution in [0.15, 0.2) is 100 Å². The Morgan fingerprint density at radius 1 is 1.00 bits per heavy atom. The maximum atomic E-state index is 12.2. The summed E-state index contributed by atoms with van der Waals surface area (Å²) in [6.07, 6.45) is 0. The number of nitrogens with zero attached hydrogens (tertiary/aromatic N) is 5. The number of hydrogen-bond acceptors (Lipinski definition) is 8. The van der Waals surface area contributed by atoms with Gasteiger partial charge in [-0.05, 0) is 24.3 Å². The van der Waals surface area contributed by atoms with E-state index in [0.717, 1.165) is 18.1 Å². The fourth-order valence-corrected chi connectivity index (χ4v) is 4.38. The van der Waals surface area contributed by atoms with Gasteiger partial charge in [0.1, 0.15) is 5.69 Å². The molecular weight excluding hydrogens is 528 g/mol. The minimum atomic E-state index is -3.95. The molecule has 15 heteroatoms. The molecular formula is C24H23N8O6S+. The summed E-state index contributed by atoms with van der Waals surface area (Å²) < 4.78 is 27.7. The number of amides is 1. The number of benzene rings is 3. The molecule has 1 amide bonds. The van der Waals surface area contributed by atoms with E-state index in [1.807, 2.05) is 65.4 Å². The zero-order valence-corrected chi connectivity index (χ0v) is 21.2. The SMILES string of the molecule is CC(=O)NS(=O)(=O)c1ccc(N=Nc2c(-c3ccccc3)nn(C(N)=[NH2+])c2-c2ccccc2)cc1.O=[N+]([O-])O. The molecule has 1 heterocycles. The highest BCUT2D eigenvalue weighted by atomic mass is 32.2. The van der Waals surface area contributed by atoms with Crippen molar-refractivity contribution in [3.63, 3.8) is 0 Å². The van der Waals surface area contributed by atoms with Crippen LogP contribution in [0, 0.1) is 10.1 Å². The lowest BCUT2D eigenvalue weighted by atomic mass is 10.1. The second-order valence-corrected chi connectivity index (χ2v) is 9.39. The minimum absolute atomic E-state index is 0.0324. The standard InChI is InChI=1S/C24H21N7O3S.HNO3/c1-16(32)30-35(33,34)20-14-12-19(13-15-20)27-28-22-21(17-8-4-2-5-9-17)29-31(24(25)26)23(22)18-10-6-3-7-11-18;2-1(3)4/h2-15H,1H3,(H3,25,26)(H,30,32);(H,2,3,4)/p+1. The maximum absolute atomic E-state index is 12.2. The summed E-state index contributed by atoms with van der Waals surface area (Å²) in [7, 11) is -3.95. The summed E-state index contributed by atoms with van der Waals surface area (Å²) in [4.78, 5) is 19.4. The molecule has 4 aromatic rings. The highest BCUT2D eigenvalue weighted by Gasteiger charge is 2.26. The maximum Gasteiger partial charge on any atom is 0.370 e. The van der Waals surface area contributed by atoms with Crippen LogP contribution in [0.2, 0.25) is 0 Å². The molecule has 0 spiro atoms. The van der Waals surface area contributed by atoms with Crippen LogP contribution in [0.25, 0.3) is 22.5 Å². The molecule has 0 saturated heterocycles.